The number of likely N-dealkylation sites (tertiary alicyclic amines) is 1. The molecule has 1 saturated heterocycles. The number of H-pyrrole nitrogens is 1. The van der Waals surface area contributed by atoms with Gasteiger partial charge in [-0.05, 0) is 37.4 Å². The average Bonchev–Trinajstić information content (AvgIpc) is 2.70. The number of benzene rings is 2. The van der Waals surface area contributed by atoms with Gasteiger partial charge in [0.15, 0.2) is 0 Å². The van der Waals surface area contributed by atoms with E-state index in [-0.39, 0.29) is 5.56 Å². The van der Waals surface area contributed by atoms with Crippen molar-refractivity contribution in [2.24, 2.45) is 0 Å². The normalized spacial score (nSPS) is 15.8. The van der Waals surface area contributed by atoms with Crippen LogP contribution in [0.2, 0.25) is 0 Å². The Bertz CT molecular complexity index is 897. The second kappa shape index (κ2) is 7.67. The highest BCUT2D eigenvalue weighted by Crippen LogP contribution is 2.26. The molecule has 2 heterocycles. The van der Waals surface area contributed by atoms with Crippen molar-refractivity contribution < 1.29 is 0 Å². The third kappa shape index (κ3) is 3.75. The number of piperidine rings is 1. The predicted molar refractivity (Wildman–Crippen MR) is 104 cm³/mol. The fraction of sp³-hybridized carbons (Fsp3) is 0.273. The number of hydrogen-bond acceptors (Lipinski definition) is 3. The van der Waals surface area contributed by atoms with E-state index in [9.17, 15) is 4.79 Å². The average molecular weight is 345 g/mol. The highest BCUT2D eigenvalue weighted by molar-refractivity contribution is 5.54. The van der Waals surface area contributed by atoms with E-state index in [2.05, 4.69) is 39.1 Å². The maximum Gasteiger partial charge on any atom is 0.254 e. The van der Waals surface area contributed by atoms with E-state index in [1.54, 1.807) is 6.20 Å². The zero-order valence-electron chi connectivity index (χ0n) is 14.8. The van der Waals surface area contributed by atoms with Crippen molar-refractivity contribution in [3.8, 4) is 11.4 Å². The maximum absolute atomic E-state index is 12.6. The maximum atomic E-state index is 12.6. The van der Waals surface area contributed by atoms with Crippen molar-refractivity contribution in [2.75, 3.05) is 13.1 Å². The molecule has 4 heteroatoms. The molecule has 26 heavy (non-hydrogen) atoms. The van der Waals surface area contributed by atoms with Gasteiger partial charge in [-0.25, -0.2) is 4.98 Å². The van der Waals surface area contributed by atoms with Gasteiger partial charge in [0.05, 0.1) is 0 Å². The lowest BCUT2D eigenvalue weighted by molar-refractivity contribution is 0.204. The van der Waals surface area contributed by atoms with E-state index in [1.165, 1.54) is 5.56 Å². The van der Waals surface area contributed by atoms with Gasteiger partial charge in [-0.1, -0.05) is 60.7 Å². The molecule has 0 amide bonds. The van der Waals surface area contributed by atoms with Crippen LogP contribution in [0.5, 0.6) is 0 Å². The minimum Gasteiger partial charge on any atom is -0.306 e. The Balaban J connectivity index is 1.42. The van der Waals surface area contributed by atoms with Gasteiger partial charge >= 0.3 is 0 Å². The van der Waals surface area contributed by atoms with Crippen molar-refractivity contribution in [3.63, 3.8) is 0 Å². The second-order valence-corrected chi connectivity index (χ2v) is 6.92. The fourth-order valence-corrected chi connectivity index (χ4v) is 3.68. The molecule has 1 aliphatic rings. The first-order chi connectivity index (χ1) is 12.8. The molecule has 1 aliphatic heterocycles. The quantitative estimate of drug-likeness (QED) is 0.782. The first-order valence-electron chi connectivity index (χ1n) is 9.20. The minimum atomic E-state index is 0.000336. The summed E-state index contributed by atoms with van der Waals surface area (Å²) in [5, 5.41) is 0. The zero-order valence-corrected chi connectivity index (χ0v) is 14.8. The van der Waals surface area contributed by atoms with Gasteiger partial charge < -0.3 is 4.98 Å². The van der Waals surface area contributed by atoms with Crippen LogP contribution in [0.3, 0.4) is 0 Å². The van der Waals surface area contributed by atoms with Gasteiger partial charge in [0.1, 0.15) is 5.82 Å². The molecule has 0 spiro atoms. The van der Waals surface area contributed by atoms with Gasteiger partial charge in [0, 0.05) is 23.9 Å². The molecule has 132 valence electrons. The summed E-state index contributed by atoms with van der Waals surface area (Å²) < 4.78 is 0. The number of aromatic nitrogens is 2. The molecular weight excluding hydrogens is 322 g/mol. The lowest BCUT2D eigenvalue weighted by Crippen LogP contribution is -2.34. The molecule has 0 atom stereocenters. The summed E-state index contributed by atoms with van der Waals surface area (Å²) in [7, 11) is 0. The molecule has 4 nitrogen and oxygen atoms in total. The van der Waals surface area contributed by atoms with Crippen molar-refractivity contribution in [2.45, 2.75) is 25.3 Å². The number of rotatable bonds is 4. The Morgan fingerprint density at radius 2 is 1.62 bits per heavy atom. The number of aromatic amines is 1. The highest BCUT2D eigenvalue weighted by atomic mass is 16.1. The Morgan fingerprint density at radius 3 is 2.27 bits per heavy atom. The third-order valence-electron chi connectivity index (χ3n) is 5.15. The van der Waals surface area contributed by atoms with Crippen LogP contribution in [0.25, 0.3) is 11.4 Å². The summed E-state index contributed by atoms with van der Waals surface area (Å²) in [6.45, 7) is 3.01. The molecule has 4 rings (SSSR count). The summed E-state index contributed by atoms with van der Waals surface area (Å²) >= 11 is 0. The van der Waals surface area contributed by atoms with Gasteiger partial charge in [-0.3, -0.25) is 9.69 Å². The van der Waals surface area contributed by atoms with Gasteiger partial charge in [0.25, 0.3) is 5.56 Å². The van der Waals surface area contributed by atoms with E-state index < -0.39 is 0 Å². The van der Waals surface area contributed by atoms with E-state index in [0.717, 1.165) is 43.6 Å². The summed E-state index contributed by atoms with van der Waals surface area (Å²) in [5.74, 6) is 0.934. The van der Waals surface area contributed by atoms with Crippen LogP contribution in [0, 0.1) is 0 Å². The van der Waals surface area contributed by atoms with E-state index in [0.29, 0.717) is 11.7 Å². The van der Waals surface area contributed by atoms with Crippen molar-refractivity contribution in [3.05, 3.63) is 88.3 Å². The Hall–Kier alpha value is -2.72. The molecule has 0 unspecified atom stereocenters. The van der Waals surface area contributed by atoms with Crippen LogP contribution >= 0.6 is 0 Å². The van der Waals surface area contributed by atoms with Crippen molar-refractivity contribution in [1.29, 1.82) is 0 Å². The van der Waals surface area contributed by atoms with Crippen LogP contribution in [-0.4, -0.2) is 28.0 Å². The molecule has 1 fully saturated rings. The summed E-state index contributed by atoms with van der Waals surface area (Å²) in [6, 6.07) is 20.3. The van der Waals surface area contributed by atoms with Crippen LogP contribution < -0.4 is 5.56 Å². The summed E-state index contributed by atoms with van der Waals surface area (Å²) in [4.78, 5) is 22.5. The van der Waals surface area contributed by atoms with Crippen LogP contribution in [-0.2, 0) is 6.54 Å². The lowest BCUT2D eigenvalue weighted by atomic mass is 9.91. The molecule has 1 N–H and O–H groups in total. The molecule has 1 aromatic heterocycles. The highest BCUT2D eigenvalue weighted by Gasteiger charge is 2.23. The Kier molecular flexibility index (Phi) is 4.93. The van der Waals surface area contributed by atoms with E-state index in [1.807, 2.05) is 36.4 Å². The number of nitrogens with one attached hydrogen (secondary N) is 1. The van der Waals surface area contributed by atoms with E-state index >= 15 is 0 Å². The SMILES string of the molecule is O=c1[nH]c(-c2ccccc2)ncc1C1CCN(Cc2ccccc2)CC1. The standard InChI is InChI=1S/C22H23N3O/c26-22-20(15-23-21(24-22)19-9-5-2-6-10-19)18-11-13-25(14-12-18)16-17-7-3-1-4-8-17/h1-10,15,18H,11-14,16H2,(H,23,24,26). The summed E-state index contributed by atoms with van der Waals surface area (Å²) in [5.41, 5.74) is 3.11. The molecule has 0 radical (unpaired) electrons. The van der Waals surface area contributed by atoms with Gasteiger partial charge in [-0.2, -0.15) is 0 Å². The largest absolute Gasteiger partial charge is 0.306 e. The molecule has 3 aromatic rings. The van der Waals surface area contributed by atoms with Gasteiger partial charge in [-0.15, -0.1) is 0 Å². The Morgan fingerprint density at radius 1 is 0.962 bits per heavy atom. The van der Waals surface area contributed by atoms with E-state index in [4.69, 9.17) is 0 Å². The van der Waals surface area contributed by atoms with Crippen LogP contribution in [0.4, 0.5) is 0 Å². The van der Waals surface area contributed by atoms with Gasteiger partial charge in [0.2, 0.25) is 0 Å². The van der Waals surface area contributed by atoms with Crippen LogP contribution in [0.1, 0.15) is 29.9 Å². The lowest BCUT2D eigenvalue weighted by Gasteiger charge is -2.31. The number of hydrogen-bond donors (Lipinski definition) is 1. The molecule has 2 aromatic carbocycles. The third-order valence-corrected chi connectivity index (χ3v) is 5.15. The van der Waals surface area contributed by atoms with Crippen molar-refractivity contribution >= 4 is 0 Å². The smallest absolute Gasteiger partial charge is 0.254 e. The number of nitrogens with zero attached hydrogens (tertiary/aromatic N) is 2. The predicted octanol–water partition coefficient (Wildman–Crippen LogP) is 3.82. The molecule has 0 bridgehead atoms. The molecule has 0 aliphatic carbocycles. The second-order valence-electron chi connectivity index (χ2n) is 6.92. The summed E-state index contributed by atoms with van der Waals surface area (Å²) in [6.07, 6.45) is 3.78. The first kappa shape index (κ1) is 16.7. The first-order valence-corrected chi connectivity index (χ1v) is 9.20. The zero-order chi connectivity index (χ0) is 17.8. The molecule has 0 saturated carbocycles. The van der Waals surface area contributed by atoms with Crippen molar-refractivity contribution in [1.82, 2.24) is 14.9 Å². The Labute approximate surface area is 153 Å². The fourth-order valence-electron chi connectivity index (χ4n) is 3.68. The minimum absolute atomic E-state index is 0.000336. The molecular formula is C22H23N3O. The van der Waals surface area contributed by atoms with Crippen LogP contribution in [0.15, 0.2) is 71.7 Å². The topological polar surface area (TPSA) is 49.0 Å². The monoisotopic (exact) mass is 345 g/mol.